The number of hydrogen-bond donors (Lipinski definition) is 0. The number of hydrogen-bond acceptors (Lipinski definition) is 4. The molecule has 12 rings (SSSR count). The Morgan fingerprint density at radius 1 is 0.246 bits per heavy atom. The van der Waals surface area contributed by atoms with Crippen molar-refractivity contribution < 1.29 is 4.42 Å². The van der Waals surface area contributed by atoms with Gasteiger partial charge in [-0.25, -0.2) is 15.0 Å². The maximum Gasteiger partial charge on any atom is 0.164 e. The lowest BCUT2D eigenvalue weighted by atomic mass is 9.91. The molecule has 0 atom stereocenters. The number of aromatic nitrogens is 3. The lowest BCUT2D eigenvalue weighted by Gasteiger charge is -2.13. The summed E-state index contributed by atoms with van der Waals surface area (Å²) in [6, 6.07) is 82.8. The second-order valence-electron chi connectivity index (χ2n) is 16.3. The quantitative estimate of drug-likeness (QED) is 0.153. The number of rotatable bonds is 8. The van der Waals surface area contributed by atoms with Crippen molar-refractivity contribution in [3.63, 3.8) is 0 Å². The maximum absolute atomic E-state index is 6.91. The van der Waals surface area contributed by atoms with Gasteiger partial charge in [-0.1, -0.05) is 212 Å². The summed E-state index contributed by atoms with van der Waals surface area (Å²) in [5.41, 5.74) is 15.5. The molecule has 12 aromatic rings. The molecule has 10 aromatic carbocycles. The number of furan rings is 1. The number of fused-ring (bicyclic) bond motifs is 4. The zero-order valence-corrected chi connectivity index (χ0v) is 35.3. The maximum atomic E-state index is 6.91. The van der Waals surface area contributed by atoms with Gasteiger partial charge in [-0.05, 0) is 85.1 Å². The van der Waals surface area contributed by atoms with Crippen molar-refractivity contribution in [3.8, 4) is 89.8 Å². The largest absolute Gasteiger partial charge is 0.455 e. The van der Waals surface area contributed by atoms with Gasteiger partial charge in [0.15, 0.2) is 17.5 Å². The first-order valence-electron chi connectivity index (χ1n) is 21.9. The predicted molar refractivity (Wildman–Crippen MR) is 268 cm³/mol. The third kappa shape index (κ3) is 7.04. The summed E-state index contributed by atoms with van der Waals surface area (Å²) in [6.07, 6.45) is 0. The van der Waals surface area contributed by atoms with Crippen LogP contribution in [-0.4, -0.2) is 15.0 Å². The molecule has 0 amide bonds. The Kier molecular flexibility index (Phi) is 9.46. The van der Waals surface area contributed by atoms with Crippen LogP contribution < -0.4 is 0 Å². The fraction of sp³-hybridized carbons (Fsp3) is 0. The smallest absolute Gasteiger partial charge is 0.164 e. The standard InChI is InChI=1S/C61H39N3O/c1-5-17-40(18-6-1)43-31-33-45(34-32-43)59-62-60(48-38-46(41-19-7-2-8-20-41)37-47(39-48)42-21-9-3-10-22-42)64-61(63-59)55-29-16-30-56-57(55)54-28-15-27-53(58(54)65-56)52-36-35-49(44-23-11-4-12-24-44)50-25-13-14-26-51(50)52/h1-39H. The van der Waals surface area contributed by atoms with Gasteiger partial charge in [0.25, 0.3) is 0 Å². The van der Waals surface area contributed by atoms with E-state index >= 15 is 0 Å². The van der Waals surface area contributed by atoms with E-state index in [4.69, 9.17) is 19.4 Å². The van der Waals surface area contributed by atoms with Gasteiger partial charge < -0.3 is 4.42 Å². The summed E-state index contributed by atoms with van der Waals surface area (Å²) in [4.78, 5) is 15.9. The molecular formula is C61H39N3O. The van der Waals surface area contributed by atoms with Gasteiger partial charge in [0.2, 0.25) is 0 Å². The molecule has 0 aliphatic carbocycles. The Balaban J connectivity index is 1.06. The lowest BCUT2D eigenvalue weighted by Crippen LogP contribution is -2.01. The molecule has 0 aliphatic rings. The molecule has 2 heterocycles. The van der Waals surface area contributed by atoms with Gasteiger partial charge in [0, 0.05) is 33.0 Å². The molecule has 0 spiro atoms. The number of para-hydroxylation sites is 1. The highest BCUT2D eigenvalue weighted by Crippen LogP contribution is 2.43. The molecule has 0 saturated carbocycles. The highest BCUT2D eigenvalue weighted by molar-refractivity contribution is 6.17. The first-order chi connectivity index (χ1) is 32.2. The first-order valence-corrected chi connectivity index (χ1v) is 21.9. The lowest BCUT2D eigenvalue weighted by molar-refractivity contribution is 0.670. The average molecular weight is 830 g/mol. The minimum Gasteiger partial charge on any atom is -0.455 e. The minimum atomic E-state index is 0.569. The van der Waals surface area contributed by atoms with Crippen LogP contribution in [0.2, 0.25) is 0 Å². The molecule has 4 heteroatoms. The molecule has 0 N–H and O–H groups in total. The van der Waals surface area contributed by atoms with Crippen molar-refractivity contribution in [3.05, 3.63) is 237 Å². The van der Waals surface area contributed by atoms with E-state index in [0.717, 1.165) is 83.1 Å². The summed E-state index contributed by atoms with van der Waals surface area (Å²) < 4.78 is 6.91. The summed E-state index contributed by atoms with van der Waals surface area (Å²) in [7, 11) is 0. The Hall–Kier alpha value is -8.73. The average Bonchev–Trinajstić information content (AvgIpc) is 3.79. The monoisotopic (exact) mass is 829 g/mol. The molecule has 0 radical (unpaired) electrons. The topological polar surface area (TPSA) is 51.8 Å². The van der Waals surface area contributed by atoms with Crippen molar-refractivity contribution in [2.45, 2.75) is 0 Å². The van der Waals surface area contributed by atoms with E-state index in [2.05, 4.69) is 206 Å². The third-order valence-electron chi connectivity index (χ3n) is 12.4. The zero-order chi connectivity index (χ0) is 43.1. The zero-order valence-electron chi connectivity index (χ0n) is 35.3. The van der Waals surface area contributed by atoms with Crippen LogP contribution in [0.5, 0.6) is 0 Å². The van der Waals surface area contributed by atoms with Crippen LogP contribution in [0.3, 0.4) is 0 Å². The van der Waals surface area contributed by atoms with Crippen LogP contribution in [0.25, 0.3) is 123 Å². The molecule has 0 fully saturated rings. The molecule has 0 bridgehead atoms. The van der Waals surface area contributed by atoms with E-state index in [1.165, 1.54) is 21.9 Å². The summed E-state index contributed by atoms with van der Waals surface area (Å²) in [5, 5.41) is 4.32. The minimum absolute atomic E-state index is 0.569. The summed E-state index contributed by atoms with van der Waals surface area (Å²) in [5.74, 6) is 1.74. The second kappa shape index (κ2) is 16.2. The van der Waals surface area contributed by atoms with E-state index in [0.29, 0.717) is 17.5 Å². The van der Waals surface area contributed by atoms with Crippen LogP contribution in [-0.2, 0) is 0 Å². The van der Waals surface area contributed by atoms with Crippen LogP contribution in [0.15, 0.2) is 241 Å². The Labute approximate surface area is 376 Å². The Bertz CT molecular complexity index is 3620. The van der Waals surface area contributed by atoms with Gasteiger partial charge in [-0.3, -0.25) is 0 Å². The highest BCUT2D eigenvalue weighted by atomic mass is 16.3. The molecule has 0 unspecified atom stereocenters. The van der Waals surface area contributed by atoms with Gasteiger partial charge in [0.05, 0.1) is 0 Å². The SMILES string of the molecule is c1ccc(-c2ccc(-c3nc(-c4cc(-c5ccccc5)cc(-c5ccccc5)c4)nc(-c4cccc5oc6c(-c7ccc(-c8ccccc8)c8ccccc78)cccc6c45)n3)cc2)cc1. The second-order valence-corrected chi connectivity index (χ2v) is 16.3. The van der Waals surface area contributed by atoms with Gasteiger partial charge in [-0.15, -0.1) is 0 Å². The van der Waals surface area contributed by atoms with Crippen LogP contribution in [0, 0.1) is 0 Å². The number of nitrogens with zero attached hydrogens (tertiary/aromatic N) is 3. The molecular weight excluding hydrogens is 791 g/mol. The molecule has 4 nitrogen and oxygen atoms in total. The third-order valence-corrected chi connectivity index (χ3v) is 12.4. The summed E-state index contributed by atoms with van der Waals surface area (Å²) in [6.45, 7) is 0. The number of benzene rings is 10. The Morgan fingerprint density at radius 3 is 1.31 bits per heavy atom. The van der Waals surface area contributed by atoms with Gasteiger partial charge >= 0.3 is 0 Å². The van der Waals surface area contributed by atoms with Crippen molar-refractivity contribution in [1.82, 2.24) is 15.0 Å². The van der Waals surface area contributed by atoms with Crippen LogP contribution in [0.1, 0.15) is 0 Å². The summed E-state index contributed by atoms with van der Waals surface area (Å²) >= 11 is 0. The van der Waals surface area contributed by atoms with Gasteiger partial charge in [0.1, 0.15) is 11.2 Å². The molecule has 65 heavy (non-hydrogen) atoms. The molecule has 304 valence electrons. The molecule has 0 saturated heterocycles. The predicted octanol–water partition coefficient (Wildman–Crippen LogP) is 16.3. The van der Waals surface area contributed by atoms with Crippen molar-refractivity contribution in [1.29, 1.82) is 0 Å². The van der Waals surface area contributed by atoms with Gasteiger partial charge in [-0.2, -0.15) is 0 Å². The van der Waals surface area contributed by atoms with E-state index in [1.54, 1.807) is 0 Å². The van der Waals surface area contributed by atoms with E-state index in [1.807, 2.05) is 30.3 Å². The van der Waals surface area contributed by atoms with Crippen LogP contribution >= 0.6 is 0 Å². The molecule has 2 aromatic heterocycles. The van der Waals surface area contributed by atoms with Crippen molar-refractivity contribution >= 4 is 32.7 Å². The van der Waals surface area contributed by atoms with Crippen molar-refractivity contribution in [2.24, 2.45) is 0 Å². The fourth-order valence-electron chi connectivity index (χ4n) is 9.20. The first kappa shape index (κ1) is 38.0. The fourth-order valence-corrected chi connectivity index (χ4v) is 9.20. The van der Waals surface area contributed by atoms with E-state index < -0.39 is 0 Å². The van der Waals surface area contributed by atoms with E-state index in [9.17, 15) is 0 Å². The van der Waals surface area contributed by atoms with Crippen LogP contribution in [0.4, 0.5) is 0 Å². The van der Waals surface area contributed by atoms with E-state index in [-0.39, 0.29) is 0 Å². The Morgan fingerprint density at radius 2 is 0.677 bits per heavy atom. The van der Waals surface area contributed by atoms with Crippen molar-refractivity contribution in [2.75, 3.05) is 0 Å². The highest BCUT2D eigenvalue weighted by Gasteiger charge is 2.21. The normalized spacial score (nSPS) is 11.4. The molecule has 0 aliphatic heterocycles.